The first-order chi connectivity index (χ1) is 6.75. The molecule has 0 amide bonds. The van der Waals surface area contributed by atoms with E-state index in [1.165, 1.54) is 19.3 Å². The number of hydrogen-bond donors (Lipinski definition) is 0. The van der Waals surface area contributed by atoms with Crippen molar-refractivity contribution in [1.29, 1.82) is 0 Å². The maximum Gasteiger partial charge on any atom is 0.149 e. The van der Waals surface area contributed by atoms with Crippen LogP contribution in [0.25, 0.3) is 0 Å². The van der Waals surface area contributed by atoms with E-state index in [2.05, 4.69) is 14.9 Å². The molecule has 76 valence electrons. The highest BCUT2D eigenvalue weighted by Gasteiger charge is 2.19. The predicted molar refractivity (Wildman–Crippen MR) is 57.7 cm³/mol. The van der Waals surface area contributed by atoms with Gasteiger partial charge in [-0.1, -0.05) is 18.0 Å². The molecule has 0 atom stereocenters. The van der Waals surface area contributed by atoms with E-state index >= 15 is 0 Å². The first-order valence-electron chi connectivity index (χ1n) is 4.94. The van der Waals surface area contributed by atoms with E-state index in [-0.39, 0.29) is 0 Å². The Hall–Kier alpha value is -0.830. The SMILES string of the molecule is CN(CC1CCC1)c1cncc(Cl)n1. The molecule has 0 bridgehead atoms. The molecule has 2 rings (SSSR count). The van der Waals surface area contributed by atoms with E-state index in [1.54, 1.807) is 12.4 Å². The second kappa shape index (κ2) is 4.13. The summed E-state index contributed by atoms with van der Waals surface area (Å²) in [7, 11) is 2.04. The number of halogens is 1. The standard InChI is InChI=1S/C10H14ClN3/c1-14(7-8-3-2-4-8)10-6-12-5-9(11)13-10/h5-6,8H,2-4,7H2,1H3. The van der Waals surface area contributed by atoms with Crippen molar-refractivity contribution in [2.45, 2.75) is 19.3 Å². The molecular weight excluding hydrogens is 198 g/mol. The van der Waals surface area contributed by atoms with Crippen LogP contribution in [0.2, 0.25) is 5.15 Å². The Labute approximate surface area is 89.1 Å². The van der Waals surface area contributed by atoms with E-state index in [9.17, 15) is 0 Å². The van der Waals surface area contributed by atoms with Gasteiger partial charge in [-0.3, -0.25) is 4.98 Å². The van der Waals surface area contributed by atoms with Gasteiger partial charge in [0.15, 0.2) is 0 Å². The summed E-state index contributed by atoms with van der Waals surface area (Å²) in [6, 6.07) is 0. The van der Waals surface area contributed by atoms with E-state index in [1.807, 2.05) is 7.05 Å². The van der Waals surface area contributed by atoms with Crippen molar-refractivity contribution in [3.05, 3.63) is 17.5 Å². The smallest absolute Gasteiger partial charge is 0.149 e. The van der Waals surface area contributed by atoms with E-state index in [0.717, 1.165) is 18.3 Å². The third kappa shape index (κ3) is 2.15. The van der Waals surface area contributed by atoms with Gasteiger partial charge in [0.05, 0.1) is 12.4 Å². The van der Waals surface area contributed by atoms with Crippen molar-refractivity contribution >= 4 is 17.4 Å². The van der Waals surface area contributed by atoms with Crippen molar-refractivity contribution in [3.8, 4) is 0 Å². The number of aromatic nitrogens is 2. The Morgan fingerprint density at radius 2 is 2.29 bits per heavy atom. The maximum atomic E-state index is 5.77. The molecule has 1 aromatic rings. The van der Waals surface area contributed by atoms with Crippen LogP contribution in [0.4, 0.5) is 5.82 Å². The highest BCUT2D eigenvalue weighted by molar-refractivity contribution is 6.29. The molecule has 1 aromatic heterocycles. The Balaban J connectivity index is 1.98. The molecule has 0 aliphatic heterocycles. The largest absolute Gasteiger partial charge is 0.358 e. The summed E-state index contributed by atoms with van der Waals surface area (Å²) in [4.78, 5) is 10.4. The van der Waals surface area contributed by atoms with Crippen LogP contribution < -0.4 is 4.90 Å². The molecule has 1 aliphatic carbocycles. The summed E-state index contributed by atoms with van der Waals surface area (Å²) in [5.41, 5.74) is 0. The highest BCUT2D eigenvalue weighted by atomic mass is 35.5. The van der Waals surface area contributed by atoms with Crippen molar-refractivity contribution in [3.63, 3.8) is 0 Å². The highest BCUT2D eigenvalue weighted by Crippen LogP contribution is 2.27. The molecule has 0 spiro atoms. The summed E-state index contributed by atoms with van der Waals surface area (Å²) >= 11 is 5.77. The minimum Gasteiger partial charge on any atom is -0.358 e. The lowest BCUT2D eigenvalue weighted by molar-refractivity contribution is 0.321. The van der Waals surface area contributed by atoms with Crippen LogP contribution in [0.1, 0.15) is 19.3 Å². The summed E-state index contributed by atoms with van der Waals surface area (Å²) in [6.45, 7) is 1.06. The summed E-state index contributed by atoms with van der Waals surface area (Å²) < 4.78 is 0. The van der Waals surface area contributed by atoms with E-state index < -0.39 is 0 Å². The molecule has 1 saturated carbocycles. The fourth-order valence-electron chi connectivity index (χ4n) is 1.67. The molecule has 0 unspecified atom stereocenters. The lowest BCUT2D eigenvalue weighted by Gasteiger charge is -2.30. The first kappa shape index (κ1) is 9.71. The molecule has 4 heteroatoms. The van der Waals surface area contributed by atoms with Gasteiger partial charge in [0.2, 0.25) is 0 Å². The van der Waals surface area contributed by atoms with Gasteiger partial charge in [-0.2, -0.15) is 0 Å². The maximum absolute atomic E-state index is 5.77. The van der Waals surface area contributed by atoms with Crippen LogP contribution in [0, 0.1) is 5.92 Å². The van der Waals surface area contributed by atoms with Crippen molar-refractivity contribution in [2.24, 2.45) is 5.92 Å². The first-order valence-corrected chi connectivity index (χ1v) is 5.32. The quantitative estimate of drug-likeness (QED) is 0.769. The average molecular weight is 212 g/mol. The predicted octanol–water partition coefficient (Wildman–Crippen LogP) is 2.37. The van der Waals surface area contributed by atoms with Crippen LogP contribution in [-0.4, -0.2) is 23.6 Å². The normalized spacial score (nSPS) is 16.4. The van der Waals surface area contributed by atoms with E-state index in [0.29, 0.717) is 5.15 Å². The minimum absolute atomic E-state index is 0.461. The summed E-state index contributed by atoms with van der Waals surface area (Å²) in [5.74, 6) is 1.70. The fourth-order valence-corrected chi connectivity index (χ4v) is 1.82. The molecule has 14 heavy (non-hydrogen) atoms. The number of nitrogens with zero attached hydrogens (tertiary/aromatic N) is 3. The second-order valence-electron chi connectivity index (χ2n) is 3.88. The lowest BCUT2D eigenvalue weighted by Crippen LogP contribution is -2.29. The molecule has 0 aromatic carbocycles. The van der Waals surface area contributed by atoms with Crippen LogP contribution in [-0.2, 0) is 0 Å². The third-order valence-corrected chi connectivity index (χ3v) is 2.92. The molecule has 1 aliphatic rings. The number of anilines is 1. The van der Waals surface area contributed by atoms with Gasteiger partial charge in [0.1, 0.15) is 11.0 Å². The fraction of sp³-hybridized carbons (Fsp3) is 0.600. The minimum atomic E-state index is 0.461. The third-order valence-electron chi connectivity index (χ3n) is 2.74. The molecule has 0 radical (unpaired) electrons. The Kier molecular flexibility index (Phi) is 2.87. The summed E-state index contributed by atoms with van der Waals surface area (Å²) in [5, 5.41) is 0.461. The molecular formula is C10H14ClN3. The molecule has 1 heterocycles. The summed E-state index contributed by atoms with van der Waals surface area (Å²) in [6.07, 6.45) is 7.38. The molecule has 1 fully saturated rings. The van der Waals surface area contributed by atoms with Gasteiger partial charge >= 0.3 is 0 Å². The molecule has 3 nitrogen and oxygen atoms in total. The van der Waals surface area contributed by atoms with Crippen LogP contribution >= 0.6 is 11.6 Å². The van der Waals surface area contributed by atoms with Gasteiger partial charge < -0.3 is 4.90 Å². The van der Waals surface area contributed by atoms with E-state index in [4.69, 9.17) is 11.6 Å². The van der Waals surface area contributed by atoms with Gasteiger partial charge in [-0.25, -0.2) is 4.98 Å². The number of rotatable bonds is 3. The monoisotopic (exact) mass is 211 g/mol. The van der Waals surface area contributed by atoms with Crippen molar-refractivity contribution in [1.82, 2.24) is 9.97 Å². The average Bonchev–Trinajstić information content (AvgIpc) is 2.11. The Morgan fingerprint density at radius 1 is 1.50 bits per heavy atom. The van der Waals surface area contributed by atoms with Gasteiger partial charge in [0.25, 0.3) is 0 Å². The zero-order valence-corrected chi connectivity index (χ0v) is 9.04. The Bertz CT molecular complexity index is 312. The van der Waals surface area contributed by atoms with Crippen molar-refractivity contribution < 1.29 is 0 Å². The van der Waals surface area contributed by atoms with Gasteiger partial charge in [0, 0.05) is 13.6 Å². The zero-order chi connectivity index (χ0) is 9.97. The number of hydrogen-bond acceptors (Lipinski definition) is 3. The molecule has 0 saturated heterocycles. The van der Waals surface area contributed by atoms with Crippen LogP contribution in [0.5, 0.6) is 0 Å². The molecule has 0 N–H and O–H groups in total. The van der Waals surface area contributed by atoms with Crippen molar-refractivity contribution in [2.75, 3.05) is 18.5 Å². The topological polar surface area (TPSA) is 29.0 Å². The van der Waals surface area contributed by atoms with Crippen LogP contribution in [0.15, 0.2) is 12.4 Å². The van der Waals surface area contributed by atoms with Gasteiger partial charge in [-0.05, 0) is 18.8 Å². The zero-order valence-electron chi connectivity index (χ0n) is 8.28. The second-order valence-corrected chi connectivity index (χ2v) is 4.26. The lowest BCUT2D eigenvalue weighted by atomic mass is 9.85. The Morgan fingerprint density at radius 3 is 2.86 bits per heavy atom. The van der Waals surface area contributed by atoms with Gasteiger partial charge in [-0.15, -0.1) is 0 Å². The van der Waals surface area contributed by atoms with Crippen LogP contribution in [0.3, 0.4) is 0 Å².